The summed E-state index contributed by atoms with van der Waals surface area (Å²) in [5.41, 5.74) is 6.99. The van der Waals surface area contributed by atoms with E-state index in [4.69, 9.17) is 15.4 Å². The maximum absolute atomic E-state index is 11.7. The van der Waals surface area contributed by atoms with Crippen molar-refractivity contribution in [1.82, 2.24) is 5.32 Å². The average molecular weight is 247 g/mol. The molecule has 0 bridgehead atoms. The Morgan fingerprint density at radius 2 is 2.28 bits per heavy atom. The molecule has 0 radical (unpaired) electrons. The molecule has 0 atom stereocenters. The van der Waals surface area contributed by atoms with E-state index < -0.39 is 5.91 Å². The SMILES string of the molecule is Cc1ccc2oc(C(=O)NC/C(N)=N/O)cc2c1. The number of nitrogens with one attached hydrogen (secondary N) is 1. The normalized spacial score (nSPS) is 11.7. The van der Waals surface area contributed by atoms with Crippen LogP contribution >= 0.6 is 0 Å². The molecule has 1 amide bonds. The molecule has 0 saturated carbocycles. The molecule has 6 heteroatoms. The van der Waals surface area contributed by atoms with Crippen molar-refractivity contribution in [3.8, 4) is 0 Å². The summed E-state index contributed by atoms with van der Waals surface area (Å²) in [6, 6.07) is 7.30. The van der Waals surface area contributed by atoms with Crippen LogP contribution in [-0.4, -0.2) is 23.5 Å². The zero-order valence-corrected chi connectivity index (χ0v) is 9.80. The van der Waals surface area contributed by atoms with E-state index in [2.05, 4.69) is 10.5 Å². The summed E-state index contributed by atoms with van der Waals surface area (Å²) < 4.78 is 5.40. The molecule has 2 aromatic rings. The number of furan rings is 1. The van der Waals surface area contributed by atoms with Crippen LogP contribution in [0.25, 0.3) is 11.0 Å². The number of amidine groups is 1. The number of oxime groups is 1. The number of carbonyl (C=O) groups is 1. The summed E-state index contributed by atoms with van der Waals surface area (Å²) in [6.45, 7) is 1.93. The van der Waals surface area contributed by atoms with Crippen LogP contribution in [0.3, 0.4) is 0 Å². The largest absolute Gasteiger partial charge is 0.451 e. The fourth-order valence-electron chi connectivity index (χ4n) is 1.57. The first-order valence-corrected chi connectivity index (χ1v) is 5.35. The zero-order chi connectivity index (χ0) is 13.1. The topological polar surface area (TPSA) is 101 Å². The minimum atomic E-state index is -0.407. The molecule has 4 N–H and O–H groups in total. The number of fused-ring (bicyclic) bond motifs is 1. The molecule has 1 aromatic carbocycles. The number of benzene rings is 1. The molecule has 6 nitrogen and oxygen atoms in total. The Morgan fingerprint density at radius 1 is 1.50 bits per heavy atom. The highest BCUT2D eigenvalue weighted by atomic mass is 16.4. The fourth-order valence-corrected chi connectivity index (χ4v) is 1.57. The summed E-state index contributed by atoms with van der Waals surface area (Å²) in [4.78, 5) is 11.7. The van der Waals surface area contributed by atoms with Gasteiger partial charge < -0.3 is 20.7 Å². The molecule has 1 heterocycles. The lowest BCUT2D eigenvalue weighted by Crippen LogP contribution is -2.33. The lowest BCUT2D eigenvalue weighted by Gasteiger charge is -2.00. The third-order valence-corrected chi connectivity index (χ3v) is 2.45. The van der Waals surface area contributed by atoms with Crippen molar-refractivity contribution in [2.45, 2.75) is 6.92 Å². The molecule has 0 spiro atoms. The van der Waals surface area contributed by atoms with E-state index in [1.54, 1.807) is 6.07 Å². The van der Waals surface area contributed by atoms with Gasteiger partial charge in [-0.25, -0.2) is 0 Å². The lowest BCUT2D eigenvalue weighted by molar-refractivity contribution is 0.0933. The van der Waals surface area contributed by atoms with Gasteiger partial charge in [0.15, 0.2) is 11.6 Å². The smallest absolute Gasteiger partial charge is 0.287 e. The zero-order valence-electron chi connectivity index (χ0n) is 9.80. The van der Waals surface area contributed by atoms with Gasteiger partial charge in [-0.1, -0.05) is 16.8 Å². The Morgan fingerprint density at radius 3 is 3.00 bits per heavy atom. The quantitative estimate of drug-likeness (QED) is 0.328. The van der Waals surface area contributed by atoms with Crippen LogP contribution in [-0.2, 0) is 0 Å². The maximum atomic E-state index is 11.7. The van der Waals surface area contributed by atoms with Gasteiger partial charge in [0.05, 0.1) is 6.54 Å². The number of hydrogen-bond donors (Lipinski definition) is 3. The van der Waals surface area contributed by atoms with Gasteiger partial charge in [0.25, 0.3) is 5.91 Å². The summed E-state index contributed by atoms with van der Waals surface area (Å²) in [5.74, 6) is -0.285. The monoisotopic (exact) mass is 247 g/mol. The summed E-state index contributed by atoms with van der Waals surface area (Å²) in [5, 5.41) is 14.5. The summed E-state index contributed by atoms with van der Waals surface area (Å²) in [6.07, 6.45) is 0. The van der Waals surface area contributed by atoms with Crippen molar-refractivity contribution in [3.05, 3.63) is 35.6 Å². The predicted molar refractivity (Wildman–Crippen MR) is 66.7 cm³/mol. The highest BCUT2D eigenvalue weighted by Crippen LogP contribution is 2.20. The van der Waals surface area contributed by atoms with Crippen LogP contribution < -0.4 is 11.1 Å². The van der Waals surface area contributed by atoms with Gasteiger partial charge in [-0.15, -0.1) is 0 Å². The van der Waals surface area contributed by atoms with Crippen molar-refractivity contribution in [3.63, 3.8) is 0 Å². The second-order valence-electron chi connectivity index (χ2n) is 3.93. The molecular weight excluding hydrogens is 234 g/mol. The molecule has 18 heavy (non-hydrogen) atoms. The van der Waals surface area contributed by atoms with Crippen LogP contribution in [0.5, 0.6) is 0 Å². The summed E-state index contributed by atoms with van der Waals surface area (Å²) in [7, 11) is 0. The van der Waals surface area contributed by atoms with Crippen molar-refractivity contribution in [2.24, 2.45) is 10.9 Å². The minimum Gasteiger partial charge on any atom is -0.451 e. The van der Waals surface area contributed by atoms with Crippen LogP contribution in [0.2, 0.25) is 0 Å². The third-order valence-electron chi connectivity index (χ3n) is 2.45. The van der Waals surface area contributed by atoms with E-state index in [1.165, 1.54) is 0 Å². The number of amides is 1. The molecule has 0 aliphatic carbocycles. The molecule has 0 aliphatic rings. The molecule has 0 aliphatic heterocycles. The van der Waals surface area contributed by atoms with Gasteiger partial charge in [0, 0.05) is 5.39 Å². The van der Waals surface area contributed by atoms with E-state index in [0.29, 0.717) is 5.58 Å². The first kappa shape index (κ1) is 12.0. The Labute approximate surface area is 103 Å². The van der Waals surface area contributed by atoms with E-state index >= 15 is 0 Å². The molecule has 1 aromatic heterocycles. The van der Waals surface area contributed by atoms with Gasteiger partial charge in [-0.05, 0) is 25.1 Å². The Hall–Kier alpha value is -2.50. The van der Waals surface area contributed by atoms with Crippen molar-refractivity contribution >= 4 is 22.7 Å². The van der Waals surface area contributed by atoms with Gasteiger partial charge in [0.2, 0.25) is 0 Å². The van der Waals surface area contributed by atoms with Crippen LogP contribution in [0.4, 0.5) is 0 Å². The second kappa shape index (κ2) is 4.79. The molecule has 0 saturated heterocycles. The van der Waals surface area contributed by atoms with E-state index in [0.717, 1.165) is 10.9 Å². The Kier molecular flexibility index (Phi) is 3.18. The van der Waals surface area contributed by atoms with E-state index in [-0.39, 0.29) is 18.1 Å². The number of aryl methyl sites for hydroxylation is 1. The van der Waals surface area contributed by atoms with E-state index in [1.807, 2.05) is 25.1 Å². The van der Waals surface area contributed by atoms with Gasteiger partial charge in [0.1, 0.15) is 5.58 Å². The van der Waals surface area contributed by atoms with Crippen LogP contribution in [0, 0.1) is 6.92 Å². The van der Waals surface area contributed by atoms with Crippen molar-refractivity contribution < 1.29 is 14.4 Å². The average Bonchev–Trinajstić information content (AvgIpc) is 2.78. The first-order valence-electron chi connectivity index (χ1n) is 5.35. The number of nitrogens with two attached hydrogens (primary N) is 1. The van der Waals surface area contributed by atoms with Crippen molar-refractivity contribution in [1.29, 1.82) is 0 Å². The van der Waals surface area contributed by atoms with Crippen LogP contribution in [0.15, 0.2) is 33.8 Å². The third kappa shape index (κ3) is 2.42. The van der Waals surface area contributed by atoms with Gasteiger partial charge in [-0.2, -0.15) is 0 Å². The molecule has 2 rings (SSSR count). The predicted octanol–water partition coefficient (Wildman–Crippen LogP) is 1.22. The minimum absolute atomic E-state index is 0.0363. The Balaban J connectivity index is 2.18. The highest BCUT2D eigenvalue weighted by molar-refractivity contribution is 5.98. The molecule has 0 fully saturated rings. The maximum Gasteiger partial charge on any atom is 0.287 e. The van der Waals surface area contributed by atoms with Crippen molar-refractivity contribution in [2.75, 3.05) is 6.54 Å². The van der Waals surface area contributed by atoms with E-state index in [9.17, 15) is 4.79 Å². The number of carbonyl (C=O) groups excluding carboxylic acids is 1. The number of nitrogens with zero attached hydrogens (tertiary/aromatic N) is 1. The van der Waals surface area contributed by atoms with Crippen LogP contribution in [0.1, 0.15) is 16.1 Å². The standard InChI is InChI=1S/C12H13N3O3/c1-7-2-3-9-8(4-7)5-10(18-9)12(16)14-6-11(13)15-17/h2-5,17H,6H2,1H3,(H2,13,15)(H,14,16). The van der Waals surface area contributed by atoms with Gasteiger partial charge >= 0.3 is 0 Å². The molecular formula is C12H13N3O3. The lowest BCUT2D eigenvalue weighted by atomic mass is 10.2. The van der Waals surface area contributed by atoms with Gasteiger partial charge in [-0.3, -0.25) is 4.79 Å². The molecule has 0 unspecified atom stereocenters. The highest BCUT2D eigenvalue weighted by Gasteiger charge is 2.12. The number of rotatable bonds is 3. The second-order valence-corrected chi connectivity index (χ2v) is 3.93. The first-order chi connectivity index (χ1) is 8.60. The number of hydrogen-bond acceptors (Lipinski definition) is 4. The summed E-state index contributed by atoms with van der Waals surface area (Å²) >= 11 is 0. The molecule has 94 valence electrons. The fraction of sp³-hybridized carbons (Fsp3) is 0.167. The Bertz CT molecular complexity index is 616.